The molecule has 1 saturated heterocycles. The molecule has 2 atom stereocenters. The van der Waals surface area contributed by atoms with Gasteiger partial charge < -0.3 is 25.4 Å². The van der Waals surface area contributed by atoms with Crippen molar-refractivity contribution in [2.24, 2.45) is 0 Å². The number of aromatic hydroxyl groups is 1. The number of anilines is 1. The molecule has 2 aliphatic rings. The van der Waals surface area contributed by atoms with E-state index >= 15 is 0 Å². The number of aromatic nitrogens is 1. The summed E-state index contributed by atoms with van der Waals surface area (Å²) >= 11 is 6.69. The Hall–Kier alpha value is -3.36. The largest absolute Gasteiger partial charge is 0.507 e. The van der Waals surface area contributed by atoms with Crippen LogP contribution in [0.2, 0.25) is 5.02 Å². The van der Waals surface area contributed by atoms with Crippen LogP contribution in [-0.4, -0.2) is 53.2 Å². The van der Waals surface area contributed by atoms with Crippen LogP contribution in [0.15, 0.2) is 48.5 Å². The monoisotopic (exact) mass is 482 g/mol. The molecule has 176 valence electrons. The third kappa shape index (κ3) is 3.93. The second kappa shape index (κ2) is 9.12. The minimum atomic E-state index is -0.682. The molecule has 0 unspecified atom stereocenters. The highest BCUT2D eigenvalue weighted by Gasteiger charge is 2.38. The summed E-state index contributed by atoms with van der Waals surface area (Å²) in [6, 6.07) is 13.3. The van der Waals surface area contributed by atoms with Crippen LogP contribution in [0.25, 0.3) is 11.3 Å². The Morgan fingerprint density at radius 3 is 2.79 bits per heavy atom. The van der Waals surface area contributed by atoms with Crippen molar-refractivity contribution < 1.29 is 19.0 Å². The van der Waals surface area contributed by atoms with E-state index in [4.69, 9.17) is 16.3 Å². The standard InChI is InChI=1S/C25H24ClFN4O3/c1-14(15-6-3-2-4-7-15)29-24-20-23(34-13-16-12-28-10-11-31(16)25(20)33)21(26)22(30-24)19-17(27)8-5-9-18(19)32/h2-9,14,16,28,32H,10-13H2,1H3,(H,29,30)/t14-,16+/m0/s1. The number of hydrogen-bond donors (Lipinski definition) is 3. The van der Waals surface area contributed by atoms with E-state index < -0.39 is 5.82 Å². The highest BCUT2D eigenvalue weighted by molar-refractivity contribution is 6.35. The zero-order chi connectivity index (χ0) is 23.8. The van der Waals surface area contributed by atoms with Crippen molar-refractivity contribution in [3.05, 3.63) is 70.5 Å². The van der Waals surface area contributed by atoms with Gasteiger partial charge in [-0.2, -0.15) is 0 Å². The predicted octanol–water partition coefficient (Wildman–Crippen LogP) is 4.23. The number of pyridine rings is 1. The number of rotatable bonds is 4. The Morgan fingerprint density at radius 2 is 2.03 bits per heavy atom. The normalized spacial score (nSPS) is 18.4. The molecule has 9 heteroatoms. The van der Waals surface area contributed by atoms with E-state index in [-0.39, 0.29) is 63.8 Å². The molecule has 3 N–H and O–H groups in total. The van der Waals surface area contributed by atoms with Crippen molar-refractivity contribution in [1.82, 2.24) is 15.2 Å². The van der Waals surface area contributed by atoms with Crippen LogP contribution in [0.4, 0.5) is 10.2 Å². The zero-order valence-corrected chi connectivity index (χ0v) is 19.3. The number of carbonyl (C=O) groups excluding carboxylic acids is 1. The van der Waals surface area contributed by atoms with E-state index in [1.807, 2.05) is 37.3 Å². The predicted molar refractivity (Wildman–Crippen MR) is 128 cm³/mol. The fourth-order valence-corrected chi connectivity index (χ4v) is 4.71. The van der Waals surface area contributed by atoms with Gasteiger partial charge in [-0.3, -0.25) is 4.79 Å². The molecule has 7 nitrogen and oxygen atoms in total. The molecule has 1 amide bonds. The van der Waals surface area contributed by atoms with Crippen LogP contribution >= 0.6 is 11.6 Å². The molecule has 1 fully saturated rings. The molecule has 2 aromatic carbocycles. The minimum absolute atomic E-state index is 0.00424. The van der Waals surface area contributed by atoms with Gasteiger partial charge in [0.25, 0.3) is 5.91 Å². The van der Waals surface area contributed by atoms with Crippen LogP contribution in [0, 0.1) is 5.82 Å². The van der Waals surface area contributed by atoms with Crippen molar-refractivity contribution in [2.45, 2.75) is 19.0 Å². The molecule has 0 spiro atoms. The zero-order valence-electron chi connectivity index (χ0n) is 18.5. The first-order chi connectivity index (χ1) is 16.5. The lowest BCUT2D eigenvalue weighted by Gasteiger charge is -2.34. The number of nitrogens with zero attached hydrogens (tertiary/aromatic N) is 2. The van der Waals surface area contributed by atoms with Crippen molar-refractivity contribution in [2.75, 3.05) is 31.6 Å². The molecule has 3 heterocycles. The minimum Gasteiger partial charge on any atom is -0.507 e. The van der Waals surface area contributed by atoms with Crippen molar-refractivity contribution in [1.29, 1.82) is 0 Å². The summed E-state index contributed by atoms with van der Waals surface area (Å²) in [5.74, 6) is -0.884. The van der Waals surface area contributed by atoms with Gasteiger partial charge >= 0.3 is 0 Å². The Labute approximate surface area is 201 Å². The second-order valence-corrected chi connectivity index (χ2v) is 8.78. The molecule has 0 bridgehead atoms. The second-order valence-electron chi connectivity index (χ2n) is 8.41. The first-order valence-corrected chi connectivity index (χ1v) is 11.5. The maximum absolute atomic E-state index is 14.8. The van der Waals surface area contributed by atoms with Gasteiger partial charge in [-0.05, 0) is 24.6 Å². The fourth-order valence-electron chi connectivity index (χ4n) is 4.42. The Morgan fingerprint density at radius 1 is 1.24 bits per heavy atom. The highest BCUT2D eigenvalue weighted by Crippen LogP contribution is 2.45. The first-order valence-electron chi connectivity index (χ1n) is 11.1. The lowest BCUT2D eigenvalue weighted by molar-refractivity contribution is 0.0607. The number of amides is 1. The van der Waals surface area contributed by atoms with Gasteiger partial charge in [0, 0.05) is 25.7 Å². The van der Waals surface area contributed by atoms with Crippen LogP contribution in [0.5, 0.6) is 11.5 Å². The molecule has 0 radical (unpaired) electrons. The van der Waals surface area contributed by atoms with Crippen molar-refractivity contribution in [3.8, 4) is 22.8 Å². The molecule has 34 heavy (non-hydrogen) atoms. The fraction of sp³-hybridized carbons (Fsp3) is 0.280. The van der Waals surface area contributed by atoms with Crippen molar-refractivity contribution in [3.63, 3.8) is 0 Å². The molecular formula is C25H24ClFN4O3. The van der Waals surface area contributed by atoms with Gasteiger partial charge in [-0.25, -0.2) is 9.37 Å². The number of halogens is 2. The van der Waals surface area contributed by atoms with Gasteiger partial charge in [-0.1, -0.05) is 48.0 Å². The summed E-state index contributed by atoms with van der Waals surface area (Å²) in [7, 11) is 0. The summed E-state index contributed by atoms with van der Waals surface area (Å²) < 4.78 is 20.9. The van der Waals surface area contributed by atoms with Gasteiger partial charge in [0.15, 0.2) is 5.75 Å². The topological polar surface area (TPSA) is 86.7 Å². The number of piperazine rings is 1. The van der Waals surface area contributed by atoms with Crippen LogP contribution < -0.4 is 15.4 Å². The number of carbonyl (C=O) groups is 1. The Bertz CT molecular complexity index is 1220. The summed E-state index contributed by atoms with van der Waals surface area (Å²) in [5.41, 5.74) is 1.04. The first kappa shape index (κ1) is 22.4. The van der Waals surface area contributed by atoms with Gasteiger partial charge in [0.2, 0.25) is 0 Å². The van der Waals surface area contributed by atoms with Crippen LogP contribution in [-0.2, 0) is 0 Å². The number of benzene rings is 2. The lowest BCUT2D eigenvalue weighted by Crippen LogP contribution is -2.54. The number of ether oxygens (including phenoxy) is 1. The molecule has 2 aliphatic heterocycles. The third-order valence-electron chi connectivity index (χ3n) is 6.22. The average Bonchev–Trinajstić information content (AvgIpc) is 2.99. The van der Waals surface area contributed by atoms with E-state index in [0.717, 1.165) is 5.56 Å². The van der Waals surface area contributed by atoms with Gasteiger partial charge in [0.05, 0.1) is 11.6 Å². The van der Waals surface area contributed by atoms with E-state index in [0.29, 0.717) is 19.6 Å². The SMILES string of the molecule is C[C@H](Nc1nc(-c2c(O)cccc2F)c(Cl)c2c1C(=O)N1CCNC[C@@H]1CO2)c1ccccc1. The average molecular weight is 483 g/mol. The maximum Gasteiger partial charge on any atom is 0.261 e. The molecule has 3 aromatic rings. The lowest BCUT2D eigenvalue weighted by atomic mass is 10.0. The summed E-state index contributed by atoms with van der Waals surface area (Å²) in [4.78, 5) is 20.0. The van der Waals surface area contributed by atoms with E-state index in [2.05, 4.69) is 15.6 Å². The summed E-state index contributed by atoms with van der Waals surface area (Å²) in [6.07, 6.45) is 0. The van der Waals surface area contributed by atoms with Crippen molar-refractivity contribution >= 4 is 23.3 Å². The molecule has 1 aromatic heterocycles. The Kier molecular flexibility index (Phi) is 6.02. The molecule has 0 saturated carbocycles. The molecule has 5 rings (SSSR count). The third-order valence-corrected chi connectivity index (χ3v) is 6.57. The van der Waals surface area contributed by atoms with Gasteiger partial charge in [-0.15, -0.1) is 0 Å². The number of fused-ring (bicyclic) bond motifs is 2. The Balaban J connectivity index is 1.69. The number of phenols is 1. The molecule has 0 aliphatic carbocycles. The number of phenolic OH excluding ortho intramolecular Hbond substituents is 1. The van der Waals surface area contributed by atoms with E-state index in [1.165, 1.54) is 18.2 Å². The smallest absolute Gasteiger partial charge is 0.261 e. The van der Waals surface area contributed by atoms with Crippen LogP contribution in [0.1, 0.15) is 28.9 Å². The van der Waals surface area contributed by atoms with Crippen LogP contribution in [0.3, 0.4) is 0 Å². The summed E-state index contributed by atoms with van der Waals surface area (Å²) in [5, 5.41) is 17.0. The van der Waals surface area contributed by atoms with E-state index in [1.54, 1.807) is 4.90 Å². The molecular weight excluding hydrogens is 459 g/mol. The summed E-state index contributed by atoms with van der Waals surface area (Å²) in [6.45, 7) is 3.95. The number of hydrogen-bond acceptors (Lipinski definition) is 6. The quantitative estimate of drug-likeness (QED) is 0.516. The van der Waals surface area contributed by atoms with E-state index in [9.17, 15) is 14.3 Å². The number of nitrogens with one attached hydrogen (secondary N) is 2. The highest BCUT2D eigenvalue weighted by atomic mass is 35.5. The van der Waals surface area contributed by atoms with Gasteiger partial charge in [0.1, 0.15) is 40.3 Å². The maximum atomic E-state index is 14.8.